The summed E-state index contributed by atoms with van der Waals surface area (Å²) in [6.07, 6.45) is 1.70. The number of carbonyl (C=O) groups is 1. The van der Waals surface area contributed by atoms with Crippen LogP contribution in [0.1, 0.15) is 31.0 Å². The Morgan fingerprint density at radius 1 is 1.26 bits per heavy atom. The minimum Gasteiger partial charge on any atom is -0.503 e. The molecule has 1 aliphatic heterocycles. The molecule has 0 aliphatic carbocycles. The van der Waals surface area contributed by atoms with Crippen molar-refractivity contribution in [2.45, 2.75) is 19.9 Å². The van der Waals surface area contributed by atoms with E-state index in [0.29, 0.717) is 42.0 Å². The van der Waals surface area contributed by atoms with Gasteiger partial charge in [-0.1, -0.05) is 23.5 Å². The minimum absolute atomic E-state index is 0.0289. The number of phenols is 1. The average Bonchev–Trinajstić information content (AvgIpc) is 3.14. The number of benzene rings is 2. The van der Waals surface area contributed by atoms with Gasteiger partial charge in [0.05, 0.1) is 47.1 Å². The summed E-state index contributed by atoms with van der Waals surface area (Å²) in [5.74, 6) is 0.318. The topological polar surface area (TPSA) is 99.4 Å². The molecule has 2 heterocycles. The van der Waals surface area contributed by atoms with E-state index in [4.69, 9.17) is 14.2 Å². The smallest absolute Gasteiger partial charge is 0.338 e. The molecular weight excluding hydrogens is 536 g/mol. The van der Waals surface area contributed by atoms with Gasteiger partial charge in [0.25, 0.3) is 5.56 Å². The zero-order valence-corrected chi connectivity index (χ0v) is 21.9. The summed E-state index contributed by atoms with van der Waals surface area (Å²) in [7, 11) is 3.01. The number of allylic oxidation sites excluding steroid dienone is 1. The molecule has 1 N–H and O–H groups in total. The number of esters is 1. The summed E-state index contributed by atoms with van der Waals surface area (Å²) in [6.45, 7) is 3.66. The first-order chi connectivity index (χ1) is 16.8. The zero-order chi connectivity index (χ0) is 25.3. The molecule has 4 rings (SSSR count). The Hall–Kier alpha value is -3.37. The van der Waals surface area contributed by atoms with Crippen molar-refractivity contribution >= 4 is 39.3 Å². The summed E-state index contributed by atoms with van der Waals surface area (Å²) in [4.78, 5) is 31.7. The van der Waals surface area contributed by atoms with Crippen molar-refractivity contribution in [2.75, 3.05) is 20.8 Å². The number of halogens is 1. The van der Waals surface area contributed by atoms with Gasteiger partial charge < -0.3 is 19.3 Å². The Bertz CT molecular complexity index is 1520. The highest BCUT2D eigenvalue weighted by atomic mass is 79.9. The number of hydrogen-bond donors (Lipinski definition) is 1. The molecule has 0 bridgehead atoms. The van der Waals surface area contributed by atoms with Gasteiger partial charge in [-0.3, -0.25) is 9.36 Å². The lowest BCUT2D eigenvalue weighted by molar-refractivity contribution is -0.139. The van der Waals surface area contributed by atoms with E-state index in [1.807, 2.05) is 12.1 Å². The van der Waals surface area contributed by atoms with Crippen molar-refractivity contribution in [3.05, 3.63) is 83.0 Å². The first kappa shape index (κ1) is 24.7. The fourth-order valence-corrected chi connectivity index (χ4v) is 5.41. The van der Waals surface area contributed by atoms with E-state index in [9.17, 15) is 14.7 Å². The first-order valence-corrected chi connectivity index (χ1v) is 12.3. The number of methoxy groups -OCH3 is 2. The maximum Gasteiger partial charge on any atom is 0.338 e. The summed E-state index contributed by atoms with van der Waals surface area (Å²) >= 11 is 4.52. The van der Waals surface area contributed by atoms with Crippen LogP contribution < -0.4 is 24.4 Å². The molecule has 1 aromatic heterocycles. The highest BCUT2D eigenvalue weighted by Gasteiger charge is 2.33. The Labute approximate surface area is 213 Å². The van der Waals surface area contributed by atoms with Crippen LogP contribution in [0.2, 0.25) is 0 Å². The molecule has 3 aromatic rings. The van der Waals surface area contributed by atoms with Crippen molar-refractivity contribution in [3.8, 4) is 17.2 Å². The second-order valence-electron chi connectivity index (χ2n) is 7.63. The van der Waals surface area contributed by atoms with Crippen molar-refractivity contribution in [1.82, 2.24) is 4.57 Å². The van der Waals surface area contributed by atoms with Crippen LogP contribution in [0.25, 0.3) is 6.08 Å². The zero-order valence-electron chi connectivity index (χ0n) is 19.5. The third-order valence-corrected chi connectivity index (χ3v) is 7.08. The van der Waals surface area contributed by atoms with Crippen molar-refractivity contribution < 1.29 is 24.1 Å². The minimum atomic E-state index is -0.733. The fourth-order valence-electron chi connectivity index (χ4n) is 3.90. The van der Waals surface area contributed by atoms with E-state index >= 15 is 0 Å². The number of ether oxygens (including phenoxy) is 3. The standard InChI is InChI=1S/C25H23BrN2O6S/c1-5-34-24(31)20-13(2)27-25-28(21(20)15-7-6-8-16(12-15)32-3)23(30)19(35-25)11-14-9-17(26)22(29)18(10-14)33-4/h6-12,21,29H,5H2,1-4H3/b19-11+. The van der Waals surface area contributed by atoms with E-state index in [2.05, 4.69) is 20.9 Å². The molecule has 10 heteroatoms. The Morgan fingerprint density at radius 3 is 2.71 bits per heavy atom. The summed E-state index contributed by atoms with van der Waals surface area (Å²) in [5.41, 5.74) is 1.82. The normalized spacial score (nSPS) is 15.5. The molecule has 8 nitrogen and oxygen atoms in total. The predicted octanol–water partition coefficient (Wildman–Crippen LogP) is 3.28. The molecule has 1 aliphatic rings. The van der Waals surface area contributed by atoms with Gasteiger partial charge in [-0.25, -0.2) is 9.79 Å². The van der Waals surface area contributed by atoms with Crippen LogP contribution in [0.5, 0.6) is 17.2 Å². The van der Waals surface area contributed by atoms with Crippen molar-refractivity contribution in [2.24, 2.45) is 4.99 Å². The SMILES string of the molecule is CCOC(=O)C1=C(C)N=c2s/c(=C/c3cc(Br)c(O)c(OC)c3)c(=O)n2C1c1cccc(OC)c1. The fraction of sp³-hybridized carbons (Fsp3) is 0.240. The van der Waals surface area contributed by atoms with E-state index in [-0.39, 0.29) is 23.7 Å². The van der Waals surface area contributed by atoms with Crippen LogP contribution in [0, 0.1) is 0 Å². The van der Waals surface area contributed by atoms with Gasteiger partial charge >= 0.3 is 5.97 Å². The lowest BCUT2D eigenvalue weighted by Gasteiger charge is -2.25. The lowest BCUT2D eigenvalue weighted by atomic mass is 9.95. The molecule has 1 atom stereocenters. The van der Waals surface area contributed by atoms with Gasteiger partial charge in [-0.2, -0.15) is 0 Å². The van der Waals surface area contributed by atoms with E-state index < -0.39 is 12.0 Å². The number of aromatic hydroxyl groups is 1. The lowest BCUT2D eigenvalue weighted by Crippen LogP contribution is -2.39. The molecule has 0 saturated carbocycles. The monoisotopic (exact) mass is 558 g/mol. The Morgan fingerprint density at radius 2 is 2.03 bits per heavy atom. The van der Waals surface area contributed by atoms with E-state index in [1.165, 1.54) is 23.0 Å². The first-order valence-electron chi connectivity index (χ1n) is 10.7. The van der Waals surface area contributed by atoms with E-state index in [1.54, 1.807) is 51.3 Å². The molecule has 0 saturated heterocycles. The third-order valence-electron chi connectivity index (χ3n) is 5.50. The van der Waals surface area contributed by atoms with Gasteiger partial charge in [0.15, 0.2) is 16.3 Å². The van der Waals surface area contributed by atoms with Gasteiger partial charge in [-0.05, 0) is 71.2 Å². The number of hydrogen-bond acceptors (Lipinski definition) is 8. The predicted molar refractivity (Wildman–Crippen MR) is 136 cm³/mol. The highest BCUT2D eigenvalue weighted by molar-refractivity contribution is 9.10. The van der Waals surface area contributed by atoms with Crippen LogP contribution in [-0.4, -0.2) is 36.5 Å². The van der Waals surface area contributed by atoms with E-state index in [0.717, 1.165) is 0 Å². The molecule has 35 heavy (non-hydrogen) atoms. The number of aromatic nitrogens is 1. The van der Waals surface area contributed by atoms with Crippen molar-refractivity contribution in [3.63, 3.8) is 0 Å². The summed E-state index contributed by atoms with van der Waals surface area (Å²) < 4.78 is 18.3. The number of fused-ring (bicyclic) bond motifs is 1. The van der Waals surface area contributed by atoms with Gasteiger partial charge in [0, 0.05) is 0 Å². The molecule has 0 fully saturated rings. The molecule has 0 spiro atoms. The largest absolute Gasteiger partial charge is 0.503 e. The maximum absolute atomic E-state index is 13.7. The molecule has 0 radical (unpaired) electrons. The highest BCUT2D eigenvalue weighted by Crippen LogP contribution is 2.35. The van der Waals surface area contributed by atoms with Crippen LogP contribution in [-0.2, 0) is 9.53 Å². The third kappa shape index (κ3) is 4.63. The summed E-state index contributed by atoms with van der Waals surface area (Å²) in [5, 5.41) is 10.1. The van der Waals surface area contributed by atoms with Crippen LogP contribution >= 0.6 is 27.3 Å². The number of thiazole rings is 1. The Kier molecular flexibility index (Phi) is 7.13. The van der Waals surface area contributed by atoms with Gasteiger partial charge in [0.2, 0.25) is 0 Å². The Balaban J connectivity index is 1.96. The quantitative estimate of drug-likeness (QED) is 0.466. The summed E-state index contributed by atoms with van der Waals surface area (Å²) in [6, 6.07) is 9.82. The molecule has 0 amide bonds. The van der Waals surface area contributed by atoms with Gasteiger partial charge in [0.1, 0.15) is 5.75 Å². The average molecular weight is 559 g/mol. The van der Waals surface area contributed by atoms with Crippen LogP contribution in [0.3, 0.4) is 0 Å². The van der Waals surface area contributed by atoms with Crippen LogP contribution in [0.15, 0.2) is 61.9 Å². The van der Waals surface area contributed by atoms with Crippen molar-refractivity contribution in [1.29, 1.82) is 0 Å². The second kappa shape index (κ2) is 10.1. The number of phenolic OH excluding ortho intramolecular Hbond substituents is 1. The van der Waals surface area contributed by atoms with Crippen LogP contribution in [0.4, 0.5) is 0 Å². The maximum atomic E-state index is 13.7. The number of nitrogens with zero attached hydrogens (tertiary/aromatic N) is 2. The number of carbonyl (C=O) groups excluding carboxylic acids is 1. The van der Waals surface area contributed by atoms with Gasteiger partial charge in [-0.15, -0.1) is 0 Å². The second-order valence-corrected chi connectivity index (χ2v) is 9.50. The molecular formula is C25H23BrN2O6S. The molecule has 182 valence electrons. The number of rotatable bonds is 6. The molecule has 2 aromatic carbocycles. The molecule has 1 unspecified atom stereocenters.